The molecule has 0 N–H and O–H groups in total. The molecule has 0 saturated carbocycles. The number of thioether (sulfide) groups is 1. The first-order valence-corrected chi connectivity index (χ1v) is 13.5. The van der Waals surface area contributed by atoms with Crippen molar-refractivity contribution in [3.8, 4) is 5.75 Å². The van der Waals surface area contributed by atoms with Gasteiger partial charge in [0.2, 0.25) is 5.91 Å². The summed E-state index contributed by atoms with van der Waals surface area (Å²) in [6.07, 6.45) is 1.94. The van der Waals surface area contributed by atoms with Gasteiger partial charge in [-0.2, -0.15) is 0 Å². The molecule has 1 amide bonds. The summed E-state index contributed by atoms with van der Waals surface area (Å²) in [6.45, 7) is 7.76. The van der Waals surface area contributed by atoms with Gasteiger partial charge in [0.05, 0.1) is 17.2 Å². The summed E-state index contributed by atoms with van der Waals surface area (Å²) >= 11 is 1.54. The third-order valence-corrected chi connectivity index (χ3v) is 8.05. The first kappa shape index (κ1) is 24.4. The lowest BCUT2D eigenvalue weighted by Gasteiger charge is -2.35. The predicted octanol–water partition coefficient (Wildman–Crippen LogP) is 3.17. The molecule has 2 aromatic rings. The number of benzene rings is 2. The lowest BCUT2D eigenvalue weighted by Crippen LogP contribution is -2.51. The van der Waals surface area contributed by atoms with Gasteiger partial charge >= 0.3 is 0 Å². The second-order valence-corrected chi connectivity index (χ2v) is 10.1. The molecule has 1 saturated heterocycles. The van der Waals surface area contributed by atoms with E-state index in [1.165, 1.54) is 4.31 Å². The molecule has 2 aromatic carbocycles. The number of para-hydroxylation sites is 2. The summed E-state index contributed by atoms with van der Waals surface area (Å²) in [5.41, 5.74) is 0.365. The molecule has 7 nitrogen and oxygen atoms in total. The molecular weight excluding hydrogens is 446 g/mol. The number of nitrogens with zero attached hydrogens (tertiary/aromatic N) is 3. The standard InChI is InChI=1S/C23H31N3O4S2/c1-4-24-14-16-25(17-15-24)23(27)18-26(21-8-6-7-9-22(21)30-5-2)32(28,29)20-12-10-19(31-3)11-13-20/h6-13H,4-5,14-18H2,1-3H3. The van der Waals surface area contributed by atoms with E-state index >= 15 is 0 Å². The molecule has 0 bridgehead atoms. The van der Waals surface area contributed by atoms with Gasteiger partial charge in [0.1, 0.15) is 12.3 Å². The number of sulfonamides is 1. The largest absolute Gasteiger partial charge is 0.492 e. The summed E-state index contributed by atoms with van der Waals surface area (Å²) in [5.74, 6) is 0.222. The molecule has 1 aliphatic rings. The molecule has 0 atom stereocenters. The van der Waals surface area contributed by atoms with Crippen molar-refractivity contribution in [2.24, 2.45) is 0 Å². The number of rotatable bonds is 9. The first-order valence-electron chi connectivity index (χ1n) is 10.8. The van der Waals surface area contributed by atoms with Gasteiger partial charge in [0, 0.05) is 31.1 Å². The van der Waals surface area contributed by atoms with Gasteiger partial charge in [-0.3, -0.25) is 9.10 Å². The highest BCUT2D eigenvalue weighted by atomic mass is 32.2. The molecule has 0 spiro atoms. The van der Waals surface area contributed by atoms with Crippen molar-refractivity contribution in [1.29, 1.82) is 0 Å². The first-order chi connectivity index (χ1) is 15.4. The van der Waals surface area contributed by atoms with Crippen molar-refractivity contribution in [2.45, 2.75) is 23.6 Å². The van der Waals surface area contributed by atoms with E-state index in [9.17, 15) is 13.2 Å². The highest BCUT2D eigenvalue weighted by Gasteiger charge is 2.31. The molecule has 0 aliphatic carbocycles. The zero-order valence-electron chi connectivity index (χ0n) is 18.9. The van der Waals surface area contributed by atoms with Crippen LogP contribution in [0.4, 0.5) is 5.69 Å². The highest BCUT2D eigenvalue weighted by molar-refractivity contribution is 7.98. The normalized spacial score (nSPS) is 14.9. The Hall–Kier alpha value is -2.23. The van der Waals surface area contributed by atoms with Crippen LogP contribution in [0.3, 0.4) is 0 Å². The van der Waals surface area contributed by atoms with E-state index < -0.39 is 10.0 Å². The smallest absolute Gasteiger partial charge is 0.264 e. The lowest BCUT2D eigenvalue weighted by atomic mass is 10.2. The number of carbonyl (C=O) groups is 1. The minimum atomic E-state index is -3.98. The number of piperazine rings is 1. The number of carbonyl (C=O) groups excluding carboxylic acids is 1. The molecule has 32 heavy (non-hydrogen) atoms. The summed E-state index contributed by atoms with van der Waals surface area (Å²) in [5, 5.41) is 0. The molecule has 1 fully saturated rings. The van der Waals surface area contributed by atoms with Gasteiger partial charge in [0.25, 0.3) is 10.0 Å². The summed E-state index contributed by atoms with van der Waals surface area (Å²) in [7, 11) is -3.98. The average molecular weight is 478 g/mol. The van der Waals surface area contributed by atoms with E-state index in [1.807, 2.05) is 13.2 Å². The maximum absolute atomic E-state index is 13.7. The Morgan fingerprint density at radius 3 is 2.28 bits per heavy atom. The Balaban J connectivity index is 1.95. The average Bonchev–Trinajstić information content (AvgIpc) is 2.83. The predicted molar refractivity (Wildman–Crippen MR) is 129 cm³/mol. The van der Waals surface area contributed by atoms with Crippen molar-refractivity contribution in [3.63, 3.8) is 0 Å². The second kappa shape index (κ2) is 11.1. The molecule has 0 aromatic heterocycles. The van der Waals surface area contributed by atoms with Crippen LogP contribution in [0.2, 0.25) is 0 Å². The molecule has 174 valence electrons. The second-order valence-electron chi connectivity index (χ2n) is 7.40. The van der Waals surface area contributed by atoms with E-state index in [-0.39, 0.29) is 17.3 Å². The van der Waals surface area contributed by atoms with Crippen LogP contribution in [-0.4, -0.2) is 76.3 Å². The third-order valence-electron chi connectivity index (χ3n) is 5.53. The lowest BCUT2D eigenvalue weighted by molar-refractivity contribution is -0.131. The van der Waals surface area contributed by atoms with Crippen LogP contribution in [-0.2, 0) is 14.8 Å². The molecule has 0 radical (unpaired) electrons. The van der Waals surface area contributed by atoms with Crippen molar-refractivity contribution in [1.82, 2.24) is 9.80 Å². The number of hydrogen-bond donors (Lipinski definition) is 0. The summed E-state index contributed by atoms with van der Waals surface area (Å²) < 4.78 is 34.3. The van der Waals surface area contributed by atoms with Crippen LogP contribution in [0, 0.1) is 0 Å². The number of likely N-dealkylation sites (N-methyl/N-ethyl adjacent to an activating group) is 1. The van der Waals surface area contributed by atoms with Gasteiger partial charge in [-0.1, -0.05) is 19.1 Å². The molecule has 1 aliphatic heterocycles. The molecule has 9 heteroatoms. The minimum absolute atomic E-state index is 0.144. The fourth-order valence-electron chi connectivity index (χ4n) is 3.65. The number of amides is 1. The Morgan fingerprint density at radius 2 is 1.69 bits per heavy atom. The fraction of sp³-hybridized carbons (Fsp3) is 0.435. The monoisotopic (exact) mass is 477 g/mol. The fourth-order valence-corrected chi connectivity index (χ4v) is 5.48. The van der Waals surface area contributed by atoms with Crippen LogP contribution < -0.4 is 9.04 Å². The van der Waals surface area contributed by atoms with Crippen molar-refractivity contribution >= 4 is 33.4 Å². The van der Waals surface area contributed by atoms with Crippen LogP contribution in [0.15, 0.2) is 58.3 Å². The quantitative estimate of drug-likeness (QED) is 0.517. The van der Waals surface area contributed by atoms with Gasteiger partial charge in [-0.25, -0.2) is 8.42 Å². The van der Waals surface area contributed by atoms with Gasteiger partial charge < -0.3 is 14.5 Å². The topological polar surface area (TPSA) is 70.2 Å². The van der Waals surface area contributed by atoms with Gasteiger partial charge in [-0.05, 0) is 56.1 Å². The third kappa shape index (κ3) is 5.57. The molecule has 1 heterocycles. The minimum Gasteiger partial charge on any atom is -0.492 e. The van der Waals surface area contributed by atoms with Gasteiger partial charge in [-0.15, -0.1) is 11.8 Å². The molecule has 0 unspecified atom stereocenters. The van der Waals surface area contributed by atoms with Gasteiger partial charge in [0.15, 0.2) is 0 Å². The molecule has 3 rings (SSSR count). The van der Waals surface area contributed by atoms with Crippen molar-refractivity contribution < 1.29 is 17.9 Å². The van der Waals surface area contributed by atoms with E-state index in [0.717, 1.165) is 24.5 Å². The van der Waals surface area contributed by atoms with Crippen LogP contribution in [0.1, 0.15) is 13.8 Å². The Bertz CT molecular complexity index is 1000. The SMILES string of the molecule is CCOc1ccccc1N(CC(=O)N1CCN(CC)CC1)S(=O)(=O)c1ccc(SC)cc1. The Morgan fingerprint density at radius 1 is 1.03 bits per heavy atom. The number of anilines is 1. The zero-order chi connectivity index (χ0) is 23.1. The van der Waals surface area contributed by atoms with Crippen molar-refractivity contribution in [2.75, 3.05) is 56.4 Å². The maximum Gasteiger partial charge on any atom is 0.264 e. The molecular formula is C23H31N3O4S2. The van der Waals surface area contributed by atoms with E-state index in [2.05, 4.69) is 11.8 Å². The van der Waals surface area contributed by atoms with Crippen LogP contribution in [0.25, 0.3) is 0 Å². The van der Waals surface area contributed by atoms with Crippen LogP contribution >= 0.6 is 11.8 Å². The van der Waals surface area contributed by atoms with E-state index in [4.69, 9.17) is 4.74 Å². The summed E-state index contributed by atoms with van der Waals surface area (Å²) in [4.78, 5) is 18.3. The van der Waals surface area contributed by atoms with E-state index in [1.54, 1.807) is 65.2 Å². The van der Waals surface area contributed by atoms with Crippen LogP contribution in [0.5, 0.6) is 5.75 Å². The van der Waals surface area contributed by atoms with Crippen molar-refractivity contribution in [3.05, 3.63) is 48.5 Å². The van der Waals surface area contributed by atoms with E-state index in [0.29, 0.717) is 31.1 Å². The maximum atomic E-state index is 13.7. The zero-order valence-corrected chi connectivity index (χ0v) is 20.5. The Kier molecular flexibility index (Phi) is 8.44. The number of hydrogen-bond acceptors (Lipinski definition) is 6. The number of ether oxygens (including phenoxy) is 1. The highest BCUT2D eigenvalue weighted by Crippen LogP contribution is 2.33. The Labute approximate surface area is 195 Å². The summed E-state index contributed by atoms with van der Waals surface area (Å²) in [6, 6.07) is 13.7.